The molecular formula is C11H14O3. The first-order chi connectivity index (χ1) is 6.63. The van der Waals surface area contributed by atoms with E-state index < -0.39 is 0 Å². The van der Waals surface area contributed by atoms with E-state index in [-0.39, 0.29) is 12.4 Å². The van der Waals surface area contributed by atoms with Crippen LogP contribution in [0.2, 0.25) is 0 Å². The van der Waals surface area contributed by atoms with Crippen LogP contribution < -0.4 is 9.47 Å². The van der Waals surface area contributed by atoms with Crippen LogP contribution in [0.25, 0.3) is 0 Å². The fourth-order valence-electron chi connectivity index (χ4n) is 1.13. The van der Waals surface area contributed by atoms with Crippen LogP contribution in [0, 0.1) is 6.92 Å². The number of methoxy groups -OCH3 is 1. The SMILES string of the molecule is COc1ccc(OCC(C)=O)cc1C. The number of benzene rings is 1. The maximum atomic E-state index is 10.7. The number of aryl methyl sites for hydroxylation is 1. The molecule has 3 nitrogen and oxygen atoms in total. The van der Waals surface area contributed by atoms with Gasteiger partial charge < -0.3 is 9.47 Å². The van der Waals surface area contributed by atoms with E-state index in [2.05, 4.69) is 0 Å². The molecule has 0 aliphatic rings. The van der Waals surface area contributed by atoms with Gasteiger partial charge in [-0.05, 0) is 37.6 Å². The highest BCUT2D eigenvalue weighted by Gasteiger charge is 2.01. The highest BCUT2D eigenvalue weighted by molar-refractivity contribution is 5.77. The van der Waals surface area contributed by atoms with Crippen molar-refractivity contribution >= 4 is 5.78 Å². The number of carbonyl (C=O) groups is 1. The molecule has 0 fully saturated rings. The Bertz CT molecular complexity index is 331. The summed E-state index contributed by atoms with van der Waals surface area (Å²) in [7, 11) is 1.62. The first kappa shape index (κ1) is 10.6. The molecule has 0 saturated heterocycles. The van der Waals surface area contributed by atoms with Crippen molar-refractivity contribution in [1.82, 2.24) is 0 Å². The lowest BCUT2D eigenvalue weighted by molar-refractivity contribution is -0.118. The minimum atomic E-state index is 0.0125. The second-order valence-corrected chi connectivity index (χ2v) is 3.12. The molecule has 0 radical (unpaired) electrons. The van der Waals surface area contributed by atoms with Gasteiger partial charge in [0, 0.05) is 0 Å². The van der Waals surface area contributed by atoms with Crippen molar-refractivity contribution in [3.63, 3.8) is 0 Å². The molecule has 0 amide bonds. The number of carbonyl (C=O) groups excluding carboxylic acids is 1. The van der Waals surface area contributed by atoms with Gasteiger partial charge in [0.15, 0.2) is 5.78 Å². The topological polar surface area (TPSA) is 35.5 Å². The highest BCUT2D eigenvalue weighted by atomic mass is 16.5. The Labute approximate surface area is 83.6 Å². The van der Waals surface area contributed by atoms with Gasteiger partial charge in [-0.15, -0.1) is 0 Å². The van der Waals surface area contributed by atoms with Crippen molar-refractivity contribution in [2.24, 2.45) is 0 Å². The zero-order valence-electron chi connectivity index (χ0n) is 8.66. The number of hydrogen-bond donors (Lipinski definition) is 0. The maximum Gasteiger partial charge on any atom is 0.167 e. The lowest BCUT2D eigenvalue weighted by Gasteiger charge is -2.07. The lowest BCUT2D eigenvalue weighted by atomic mass is 10.2. The maximum absolute atomic E-state index is 10.7. The molecule has 0 aromatic heterocycles. The average Bonchev–Trinajstić information content (AvgIpc) is 2.15. The van der Waals surface area contributed by atoms with Crippen LogP contribution in [-0.4, -0.2) is 19.5 Å². The number of hydrogen-bond acceptors (Lipinski definition) is 3. The van der Waals surface area contributed by atoms with Crippen LogP contribution in [0.15, 0.2) is 18.2 Å². The normalized spacial score (nSPS) is 9.64. The molecule has 1 aromatic rings. The smallest absolute Gasteiger partial charge is 0.167 e. The van der Waals surface area contributed by atoms with Crippen molar-refractivity contribution in [2.75, 3.05) is 13.7 Å². The third-order valence-corrected chi connectivity index (χ3v) is 1.81. The molecule has 14 heavy (non-hydrogen) atoms. The van der Waals surface area contributed by atoms with Gasteiger partial charge >= 0.3 is 0 Å². The summed E-state index contributed by atoms with van der Waals surface area (Å²) in [6.45, 7) is 3.54. The van der Waals surface area contributed by atoms with Gasteiger partial charge in [-0.25, -0.2) is 0 Å². The molecule has 76 valence electrons. The molecule has 0 saturated carbocycles. The molecule has 1 aromatic carbocycles. The monoisotopic (exact) mass is 194 g/mol. The Morgan fingerprint density at radius 3 is 2.64 bits per heavy atom. The summed E-state index contributed by atoms with van der Waals surface area (Å²) < 4.78 is 10.3. The molecule has 0 unspecified atom stereocenters. The van der Waals surface area contributed by atoms with Gasteiger partial charge in [0.1, 0.15) is 18.1 Å². The van der Waals surface area contributed by atoms with E-state index in [9.17, 15) is 4.79 Å². The van der Waals surface area contributed by atoms with Gasteiger partial charge in [-0.2, -0.15) is 0 Å². The van der Waals surface area contributed by atoms with Crippen LogP contribution in [0.4, 0.5) is 0 Å². The predicted octanol–water partition coefficient (Wildman–Crippen LogP) is 1.97. The second-order valence-electron chi connectivity index (χ2n) is 3.12. The second kappa shape index (κ2) is 4.65. The van der Waals surface area contributed by atoms with Crippen LogP contribution in [0.1, 0.15) is 12.5 Å². The quantitative estimate of drug-likeness (QED) is 0.735. The third-order valence-electron chi connectivity index (χ3n) is 1.81. The number of rotatable bonds is 4. The fraction of sp³-hybridized carbons (Fsp3) is 0.364. The highest BCUT2D eigenvalue weighted by Crippen LogP contribution is 2.22. The standard InChI is InChI=1S/C11H14O3/c1-8-6-10(14-7-9(2)12)4-5-11(8)13-3/h4-6H,7H2,1-3H3. The summed E-state index contributed by atoms with van der Waals surface area (Å²) in [6.07, 6.45) is 0. The number of ether oxygens (including phenoxy) is 2. The molecule has 0 aliphatic carbocycles. The summed E-state index contributed by atoms with van der Waals surface area (Å²) in [5.74, 6) is 1.53. The summed E-state index contributed by atoms with van der Waals surface area (Å²) in [4.78, 5) is 10.7. The molecule has 0 bridgehead atoms. The van der Waals surface area contributed by atoms with E-state index in [1.54, 1.807) is 13.2 Å². The minimum Gasteiger partial charge on any atom is -0.496 e. The Morgan fingerprint density at radius 2 is 2.14 bits per heavy atom. The van der Waals surface area contributed by atoms with E-state index in [0.29, 0.717) is 5.75 Å². The molecule has 3 heteroatoms. The molecule has 0 spiro atoms. The van der Waals surface area contributed by atoms with E-state index in [1.165, 1.54) is 6.92 Å². The van der Waals surface area contributed by atoms with Gasteiger partial charge in [-0.1, -0.05) is 0 Å². The molecule has 0 atom stereocenters. The summed E-state index contributed by atoms with van der Waals surface area (Å²) >= 11 is 0. The third kappa shape index (κ3) is 2.76. The molecule has 1 rings (SSSR count). The largest absolute Gasteiger partial charge is 0.496 e. The van der Waals surface area contributed by atoms with E-state index in [0.717, 1.165) is 11.3 Å². The van der Waals surface area contributed by atoms with Crippen LogP contribution >= 0.6 is 0 Å². The predicted molar refractivity (Wildman–Crippen MR) is 53.9 cm³/mol. The van der Waals surface area contributed by atoms with Crippen molar-refractivity contribution in [3.05, 3.63) is 23.8 Å². The van der Waals surface area contributed by atoms with Crippen molar-refractivity contribution < 1.29 is 14.3 Å². The summed E-state index contributed by atoms with van der Waals surface area (Å²) in [6, 6.07) is 5.46. The van der Waals surface area contributed by atoms with Crippen molar-refractivity contribution in [2.45, 2.75) is 13.8 Å². The van der Waals surface area contributed by atoms with E-state index in [1.807, 2.05) is 19.1 Å². The van der Waals surface area contributed by atoms with E-state index in [4.69, 9.17) is 9.47 Å². The van der Waals surface area contributed by atoms with Gasteiger partial charge in [-0.3, -0.25) is 4.79 Å². The zero-order valence-corrected chi connectivity index (χ0v) is 8.66. The first-order valence-corrected chi connectivity index (χ1v) is 4.40. The Hall–Kier alpha value is -1.51. The van der Waals surface area contributed by atoms with Crippen LogP contribution in [0.5, 0.6) is 11.5 Å². The first-order valence-electron chi connectivity index (χ1n) is 4.40. The van der Waals surface area contributed by atoms with Gasteiger partial charge in [0.25, 0.3) is 0 Å². The average molecular weight is 194 g/mol. The minimum absolute atomic E-state index is 0.0125. The van der Waals surface area contributed by atoms with Crippen molar-refractivity contribution in [3.8, 4) is 11.5 Å². The number of Topliss-reactive ketones (excluding diaryl/α,β-unsaturated/α-hetero) is 1. The number of ketones is 1. The summed E-state index contributed by atoms with van der Waals surface area (Å²) in [5.41, 5.74) is 0.994. The van der Waals surface area contributed by atoms with Gasteiger partial charge in [0.05, 0.1) is 7.11 Å². The summed E-state index contributed by atoms with van der Waals surface area (Å²) in [5, 5.41) is 0. The molecule has 0 N–H and O–H groups in total. The fourth-order valence-corrected chi connectivity index (χ4v) is 1.13. The molecular weight excluding hydrogens is 180 g/mol. The molecule has 0 heterocycles. The Morgan fingerprint density at radius 1 is 1.43 bits per heavy atom. The Kier molecular flexibility index (Phi) is 3.51. The zero-order chi connectivity index (χ0) is 10.6. The Balaban J connectivity index is 2.71. The lowest BCUT2D eigenvalue weighted by Crippen LogP contribution is -2.06. The van der Waals surface area contributed by atoms with Crippen LogP contribution in [-0.2, 0) is 4.79 Å². The van der Waals surface area contributed by atoms with Crippen LogP contribution in [0.3, 0.4) is 0 Å². The van der Waals surface area contributed by atoms with Gasteiger partial charge in [0.2, 0.25) is 0 Å². The molecule has 0 aliphatic heterocycles. The van der Waals surface area contributed by atoms with Crippen molar-refractivity contribution in [1.29, 1.82) is 0 Å². The van der Waals surface area contributed by atoms with E-state index >= 15 is 0 Å².